The van der Waals surface area contributed by atoms with Gasteiger partial charge >= 0.3 is 0 Å². The first-order chi connectivity index (χ1) is 15.7. The van der Waals surface area contributed by atoms with Crippen LogP contribution in [0.1, 0.15) is 12.8 Å². The number of fused-ring (bicyclic) bond motifs is 1. The molecular weight excluding hydrogens is 454 g/mol. The minimum absolute atomic E-state index is 0.0426. The summed E-state index contributed by atoms with van der Waals surface area (Å²) in [4.78, 5) is 22.8. The van der Waals surface area contributed by atoms with Crippen LogP contribution >= 0.6 is 0 Å². The molecule has 0 aliphatic carbocycles. The molecule has 0 unspecified atom stereocenters. The van der Waals surface area contributed by atoms with Gasteiger partial charge in [-0.3, -0.25) is 19.2 Å². The fourth-order valence-corrected chi connectivity index (χ4v) is 4.28. The Balaban J connectivity index is 1.57. The second-order valence-electron chi connectivity index (χ2n) is 7.35. The molecule has 11 nitrogen and oxygen atoms in total. The van der Waals surface area contributed by atoms with Crippen molar-refractivity contribution in [3.05, 3.63) is 52.6 Å². The van der Waals surface area contributed by atoms with Crippen LogP contribution in [-0.2, 0) is 14.8 Å². The van der Waals surface area contributed by atoms with Gasteiger partial charge < -0.3 is 19.5 Å². The highest BCUT2D eigenvalue weighted by atomic mass is 32.2. The predicted octanol–water partition coefficient (Wildman–Crippen LogP) is 2.11. The molecule has 2 aromatic rings. The quantitative estimate of drug-likeness (QED) is 0.404. The molecule has 0 bridgehead atoms. The SMILES string of the molecule is COc1ccc([N+](=O)[O-])cc1N(CCCC(=O)NC[C@@H]1COc2ccccc2O1)S(C)(=O)=O. The molecule has 0 saturated carbocycles. The van der Waals surface area contributed by atoms with E-state index in [4.69, 9.17) is 14.2 Å². The maximum Gasteiger partial charge on any atom is 0.271 e. The number of hydrogen-bond donors (Lipinski definition) is 1. The Morgan fingerprint density at radius 2 is 2.00 bits per heavy atom. The topological polar surface area (TPSA) is 137 Å². The second kappa shape index (κ2) is 10.4. The zero-order valence-electron chi connectivity index (χ0n) is 18.2. The maximum absolute atomic E-state index is 12.4. The molecule has 1 heterocycles. The van der Waals surface area contributed by atoms with Crippen LogP contribution in [0.25, 0.3) is 0 Å². The number of nitro benzene ring substituents is 1. The highest BCUT2D eigenvalue weighted by Crippen LogP contribution is 2.34. The van der Waals surface area contributed by atoms with Crippen LogP contribution in [0.4, 0.5) is 11.4 Å². The van der Waals surface area contributed by atoms with Gasteiger partial charge in [0.15, 0.2) is 11.5 Å². The summed E-state index contributed by atoms with van der Waals surface area (Å²) in [7, 11) is -2.44. The first-order valence-corrected chi connectivity index (χ1v) is 12.0. The number of para-hydroxylation sites is 2. The summed E-state index contributed by atoms with van der Waals surface area (Å²) in [5.41, 5.74) is -0.227. The van der Waals surface area contributed by atoms with Crippen molar-refractivity contribution in [3.8, 4) is 17.2 Å². The molecular formula is C21H25N3O8S. The average molecular weight is 480 g/mol. The van der Waals surface area contributed by atoms with Crippen molar-refractivity contribution in [2.45, 2.75) is 18.9 Å². The summed E-state index contributed by atoms with van der Waals surface area (Å²) < 4.78 is 42.3. The molecule has 1 aliphatic rings. The monoisotopic (exact) mass is 479 g/mol. The van der Waals surface area contributed by atoms with E-state index in [1.54, 1.807) is 12.1 Å². The lowest BCUT2D eigenvalue weighted by molar-refractivity contribution is -0.384. The lowest BCUT2D eigenvalue weighted by Gasteiger charge is -2.26. The second-order valence-corrected chi connectivity index (χ2v) is 9.26. The fraction of sp³-hybridized carbons (Fsp3) is 0.381. The zero-order valence-corrected chi connectivity index (χ0v) is 19.0. The standard InChI is InChI=1S/C21H25N3O8S/c1-30-18-10-9-15(24(26)27)12-17(18)23(33(2,28)29)11-5-8-21(25)22-13-16-14-31-19-6-3-4-7-20(19)32-16/h3-4,6-7,9-10,12,16H,5,8,11,13-14H2,1-2H3,(H,22,25)/t16-/m1/s1. The van der Waals surface area contributed by atoms with E-state index in [9.17, 15) is 23.3 Å². The van der Waals surface area contributed by atoms with Gasteiger partial charge in [0, 0.05) is 25.1 Å². The summed E-state index contributed by atoms with van der Waals surface area (Å²) in [6.07, 6.45) is 0.887. The summed E-state index contributed by atoms with van der Waals surface area (Å²) >= 11 is 0. The van der Waals surface area contributed by atoms with Crippen LogP contribution in [0, 0.1) is 10.1 Å². The summed E-state index contributed by atoms with van der Waals surface area (Å²) in [5, 5.41) is 13.9. The van der Waals surface area contributed by atoms with E-state index >= 15 is 0 Å². The Kier molecular flexibility index (Phi) is 7.59. The average Bonchev–Trinajstić information content (AvgIpc) is 2.79. The maximum atomic E-state index is 12.4. The first kappa shape index (κ1) is 24.1. The van der Waals surface area contributed by atoms with Gasteiger partial charge in [0.1, 0.15) is 24.1 Å². The molecule has 0 radical (unpaired) electrons. The van der Waals surface area contributed by atoms with E-state index in [2.05, 4.69) is 5.32 Å². The van der Waals surface area contributed by atoms with Crippen LogP contribution in [0.3, 0.4) is 0 Å². The molecule has 33 heavy (non-hydrogen) atoms. The molecule has 0 spiro atoms. The molecule has 1 atom stereocenters. The number of nitrogens with zero attached hydrogens (tertiary/aromatic N) is 2. The highest BCUT2D eigenvalue weighted by molar-refractivity contribution is 7.92. The van der Waals surface area contributed by atoms with Gasteiger partial charge in [-0.1, -0.05) is 12.1 Å². The Bertz CT molecular complexity index is 1120. The van der Waals surface area contributed by atoms with Crippen molar-refractivity contribution in [1.29, 1.82) is 0 Å². The van der Waals surface area contributed by atoms with Gasteiger partial charge in [-0.05, 0) is 24.6 Å². The van der Waals surface area contributed by atoms with Gasteiger partial charge in [0.25, 0.3) is 5.69 Å². The third-order valence-corrected chi connectivity index (χ3v) is 6.08. The molecule has 3 rings (SSSR count). The predicted molar refractivity (Wildman–Crippen MR) is 120 cm³/mol. The lowest BCUT2D eigenvalue weighted by atomic mass is 10.2. The molecule has 0 fully saturated rings. The number of non-ortho nitro benzene ring substituents is 1. The van der Waals surface area contributed by atoms with Crippen molar-refractivity contribution in [2.24, 2.45) is 0 Å². The summed E-state index contributed by atoms with van der Waals surface area (Å²) in [5.74, 6) is 1.15. The Morgan fingerprint density at radius 3 is 2.67 bits per heavy atom. The number of amides is 1. The molecule has 0 saturated heterocycles. The van der Waals surface area contributed by atoms with Crippen molar-refractivity contribution in [3.63, 3.8) is 0 Å². The van der Waals surface area contributed by atoms with E-state index in [0.717, 1.165) is 16.6 Å². The van der Waals surface area contributed by atoms with Gasteiger partial charge in [0.2, 0.25) is 15.9 Å². The van der Waals surface area contributed by atoms with E-state index in [-0.39, 0.29) is 55.1 Å². The van der Waals surface area contributed by atoms with Crippen molar-refractivity contribution in [2.75, 3.05) is 37.4 Å². The van der Waals surface area contributed by atoms with Gasteiger partial charge in [-0.15, -0.1) is 0 Å². The minimum atomic E-state index is -3.79. The summed E-state index contributed by atoms with van der Waals surface area (Å²) in [6.45, 7) is 0.480. The van der Waals surface area contributed by atoms with Crippen molar-refractivity contribution >= 4 is 27.3 Å². The fourth-order valence-electron chi connectivity index (χ4n) is 3.31. The smallest absolute Gasteiger partial charge is 0.271 e. The number of methoxy groups -OCH3 is 1. The van der Waals surface area contributed by atoms with Crippen molar-refractivity contribution in [1.82, 2.24) is 5.32 Å². The third-order valence-electron chi connectivity index (χ3n) is 4.90. The normalized spacial score (nSPS) is 14.9. The van der Waals surface area contributed by atoms with Gasteiger partial charge in [-0.2, -0.15) is 0 Å². The number of benzene rings is 2. The number of sulfonamides is 1. The number of hydrogen-bond acceptors (Lipinski definition) is 8. The van der Waals surface area contributed by atoms with Crippen LogP contribution in [-0.4, -0.2) is 58.4 Å². The number of nitrogens with one attached hydrogen (secondary N) is 1. The first-order valence-electron chi connectivity index (χ1n) is 10.1. The molecule has 1 N–H and O–H groups in total. The van der Waals surface area contributed by atoms with Crippen molar-refractivity contribution < 1.29 is 32.3 Å². The number of ether oxygens (including phenoxy) is 3. The Morgan fingerprint density at radius 1 is 1.27 bits per heavy atom. The number of carbonyl (C=O) groups is 1. The number of rotatable bonds is 10. The molecule has 0 aromatic heterocycles. The number of carbonyl (C=O) groups excluding carboxylic acids is 1. The van der Waals surface area contributed by atoms with E-state index < -0.39 is 14.9 Å². The van der Waals surface area contributed by atoms with E-state index in [0.29, 0.717) is 18.1 Å². The molecule has 1 amide bonds. The largest absolute Gasteiger partial charge is 0.495 e. The lowest BCUT2D eigenvalue weighted by Crippen LogP contribution is -2.41. The van der Waals surface area contributed by atoms with Crippen LogP contribution < -0.4 is 23.8 Å². The van der Waals surface area contributed by atoms with E-state index in [1.165, 1.54) is 19.2 Å². The molecule has 178 valence electrons. The van der Waals surface area contributed by atoms with Crippen LogP contribution in [0.15, 0.2) is 42.5 Å². The Labute approximate surface area is 191 Å². The van der Waals surface area contributed by atoms with E-state index in [1.807, 2.05) is 12.1 Å². The third kappa shape index (κ3) is 6.25. The molecule has 2 aromatic carbocycles. The Hall–Kier alpha value is -3.54. The number of nitro groups is 1. The highest BCUT2D eigenvalue weighted by Gasteiger charge is 2.24. The zero-order chi connectivity index (χ0) is 24.0. The van der Waals surface area contributed by atoms with Gasteiger partial charge in [0.05, 0.1) is 24.8 Å². The minimum Gasteiger partial charge on any atom is -0.495 e. The van der Waals surface area contributed by atoms with Gasteiger partial charge in [-0.25, -0.2) is 8.42 Å². The number of anilines is 1. The van der Waals surface area contributed by atoms with Crippen LogP contribution in [0.2, 0.25) is 0 Å². The van der Waals surface area contributed by atoms with Crippen LogP contribution in [0.5, 0.6) is 17.2 Å². The molecule has 12 heteroatoms. The summed E-state index contributed by atoms with van der Waals surface area (Å²) in [6, 6.07) is 11.0. The molecule has 1 aliphatic heterocycles.